The summed E-state index contributed by atoms with van der Waals surface area (Å²) in [7, 11) is 3.09. The van der Waals surface area contributed by atoms with Crippen LogP contribution < -0.4 is 9.47 Å². The first kappa shape index (κ1) is 16.9. The Morgan fingerprint density at radius 2 is 1.74 bits per heavy atom. The van der Waals surface area contributed by atoms with Crippen LogP contribution in [0, 0.1) is 0 Å². The van der Waals surface area contributed by atoms with Gasteiger partial charge in [0.1, 0.15) is 18.1 Å². The molecule has 6 heteroatoms. The molecule has 0 aliphatic carbocycles. The van der Waals surface area contributed by atoms with Gasteiger partial charge >= 0.3 is 5.97 Å². The summed E-state index contributed by atoms with van der Waals surface area (Å²) in [6, 6.07) is 11.4. The van der Waals surface area contributed by atoms with Gasteiger partial charge < -0.3 is 14.2 Å². The Balaban J connectivity index is 2.10. The second-order valence-corrected chi connectivity index (χ2v) is 5.05. The van der Waals surface area contributed by atoms with Crippen molar-refractivity contribution < 1.29 is 23.8 Å². The van der Waals surface area contributed by atoms with Crippen LogP contribution in [-0.4, -0.2) is 25.3 Å². The summed E-state index contributed by atoms with van der Waals surface area (Å²) in [5, 5.41) is -0.406. The van der Waals surface area contributed by atoms with Gasteiger partial charge in [0.05, 0.1) is 19.8 Å². The van der Waals surface area contributed by atoms with Crippen molar-refractivity contribution in [2.24, 2.45) is 0 Å². The van der Waals surface area contributed by atoms with Crippen molar-refractivity contribution in [3.8, 4) is 11.5 Å². The van der Waals surface area contributed by atoms with Gasteiger partial charge in [-0.05, 0) is 24.3 Å². The third-order valence-corrected chi connectivity index (χ3v) is 3.46. The first-order valence-electron chi connectivity index (χ1n) is 6.76. The van der Waals surface area contributed by atoms with E-state index in [4.69, 9.17) is 14.2 Å². The van der Waals surface area contributed by atoms with Gasteiger partial charge in [-0.15, -0.1) is 12.6 Å². The predicted molar refractivity (Wildman–Crippen MR) is 88.4 cm³/mol. The van der Waals surface area contributed by atoms with E-state index in [0.29, 0.717) is 22.6 Å². The molecule has 2 aromatic rings. The standard InChI is InChI=1S/C17H16O5S/c1-20-14-7-6-13(15(9-14)21-2)10-22-16(18)11-4-3-5-12(8-11)17(19)23/h3-9H,10H2,1-2H3,(H,19,23). The van der Waals surface area contributed by atoms with Gasteiger partial charge in [-0.25, -0.2) is 4.79 Å². The fourth-order valence-electron chi connectivity index (χ4n) is 1.98. The second kappa shape index (κ2) is 7.69. The number of ether oxygens (including phenoxy) is 3. The molecule has 120 valence electrons. The Hall–Kier alpha value is -2.47. The number of thiol groups is 1. The number of rotatable bonds is 6. The lowest BCUT2D eigenvalue weighted by molar-refractivity contribution is 0.0470. The lowest BCUT2D eigenvalue weighted by atomic mass is 10.1. The molecule has 0 fully saturated rings. The minimum absolute atomic E-state index is 0.0467. The van der Waals surface area contributed by atoms with Crippen molar-refractivity contribution >= 4 is 23.7 Å². The predicted octanol–water partition coefficient (Wildman–Crippen LogP) is 3.13. The van der Waals surface area contributed by atoms with Crippen molar-refractivity contribution in [1.29, 1.82) is 0 Å². The van der Waals surface area contributed by atoms with Gasteiger partial charge in [0.15, 0.2) is 0 Å². The van der Waals surface area contributed by atoms with E-state index in [-0.39, 0.29) is 12.2 Å². The molecule has 0 aliphatic heterocycles. The molecule has 0 amide bonds. The van der Waals surface area contributed by atoms with E-state index in [9.17, 15) is 9.59 Å². The highest BCUT2D eigenvalue weighted by molar-refractivity contribution is 7.97. The topological polar surface area (TPSA) is 61.8 Å². The summed E-state index contributed by atoms with van der Waals surface area (Å²) < 4.78 is 15.6. The van der Waals surface area contributed by atoms with Crippen LogP contribution in [0.1, 0.15) is 26.3 Å². The van der Waals surface area contributed by atoms with Gasteiger partial charge in [-0.2, -0.15) is 0 Å². The Morgan fingerprint density at radius 3 is 2.39 bits per heavy atom. The SMILES string of the molecule is COc1ccc(COC(=O)c2cccc(C(=O)S)c2)c(OC)c1. The van der Waals surface area contributed by atoms with E-state index in [2.05, 4.69) is 12.6 Å². The molecule has 0 atom stereocenters. The molecule has 0 bridgehead atoms. The molecule has 0 aromatic heterocycles. The summed E-state index contributed by atoms with van der Waals surface area (Å²) in [5.74, 6) is 0.688. The van der Waals surface area contributed by atoms with Crippen LogP contribution >= 0.6 is 12.6 Å². The van der Waals surface area contributed by atoms with Gasteiger partial charge in [0.25, 0.3) is 0 Å². The van der Waals surface area contributed by atoms with E-state index >= 15 is 0 Å². The molecule has 2 rings (SSSR count). The Labute approximate surface area is 139 Å². The summed E-state index contributed by atoms with van der Waals surface area (Å²) in [4.78, 5) is 23.3. The maximum Gasteiger partial charge on any atom is 0.338 e. The van der Waals surface area contributed by atoms with E-state index in [1.54, 1.807) is 43.5 Å². The second-order valence-electron chi connectivity index (χ2n) is 4.64. The molecule has 0 radical (unpaired) electrons. The quantitative estimate of drug-likeness (QED) is 0.650. The van der Waals surface area contributed by atoms with Crippen LogP contribution in [0.3, 0.4) is 0 Å². The molecule has 0 unspecified atom stereocenters. The van der Waals surface area contributed by atoms with Gasteiger partial charge in [-0.1, -0.05) is 12.1 Å². The summed E-state index contributed by atoms with van der Waals surface area (Å²) in [6.07, 6.45) is 0. The number of carbonyl (C=O) groups excluding carboxylic acids is 2. The van der Waals surface area contributed by atoms with Crippen LogP contribution in [0.2, 0.25) is 0 Å². The minimum Gasteiger partial charge on any atom is -0.497 e. The third kappa shape index (κ3) is 4.26. The Kier molecular flexibility index (Phi) is 5.65. The molecule has 5 nitrogen and oxygen atoms in total. The molecular weight excluding hydrogens is 316 g/mol. The van der Waals surface area contributed by atoms with E-state index in [1.165, 1.54) is 13.2 Å². The maximum atomic E-state index is 12.1. The van der Waals surface area contributed by atoms with Gasteiger partial charge in [0.2, 0.25) is 5.12 Å². The lowest BCUT2D eigenvalue weighted by Crippen LogP contribution is -2.07. The van der Waals surface area contributed by atoms with Crippen LogP contribution in [-0.2, 0) is 11.3 Å². The smallest absolute Gasteiger partial charge is 0.338 e. The van der Waals surface area contributed by atoms with Crippen molar-refractivity contribution in [2.45, 2.75) is 6.61 Å². The molecule has 0 spiro atoms. The molecule has 0 saturated carbocycles. The lowest BCUT2D eigenvalue weighted by Gasteiger charge is -2.11. The first-order chi connectivity index (χ1) is 11.0. The van der Waals surface area contributed by atoms with Crippen molar-refractivity contribution in [2.75, 3.05) is 14.2 Å². The van der Waals surface area contributed by atoms with Crippen LogP contribution in [0.15, 0.2) is 42.5 Å². The van der Waals surface area contributed by atoms with Crippen LogP contribution in [0.25, 0.3) is 0 Å². The molecular formula is C17H16O5S. The van der Waals surface area contributed by atoms with Gasteiger partial charge in [0, 0.05) is 17.2 Å². The highest BCUT2D eigenvalue weighted by atomic mass is 32.1. The fraction of sp³-hybridized carbons (Fsp3) is 0.176. The van der Waals surface area contributed by atoms with Gasteiger partial charge in [-0.3, -0.25) is 4.79 Å². The highest BCUT2D eigenvalue weighted by Gasteiger charge is 2.12. The first-order valence-corrected chi connectivity index (χ1v) is 7.21. The van der Waals surface area contributed by atoms with Crippen LogP contribution in [0.4, 0.5) is 0 Å². The number of methoxy groups -OCH3 is 2. The van der Waals surface area contributed by atoms with E-state index in [1.807, 2.05) is 0 Å². The average molecular weight is 332 g/mol. The zero-order valence-corrected chi connectivity index (χ0v) is 13.6. The van der Waals surface area contributed by atoms with Crippen molar-refractivity contribution in [1.82, 2.24) is 0 Å². The summed E-state index contributed by atoms with van der Waals surface area (Å²) >= 11 is 3.74. The number of hydrogen-bond acceptors (Lipinski definition) is 5. The summed E-state index contributed by atoms with van der Waals surface area (Å²) in [5.41, 5.74) is 1.34. The van der Waals surface area contributed by atoms with E-state index in [0.717, 1.165) is 0 Å². The Morgan fingerprint density at radius 1 is 1.00 bits per heavy atom. The largest absolute Gasteiger partial charge is 0.497 e. The zero-order chi connectivity index (χ0) is 16.8. The summed E-state index contributed by atoms with van der Waals surface area (Å²) in [6.45, 7) is 0.0467. The number of esters is 1. The number of carbonyl (C=O) groups is 2. The van der Waals surface area contributed by atoms with Crippen molar-refractivity contribution in [3.05, 3.63) is 59.2 Å². The maximum absolute atomic E-state index is 12.1. The number of benzene rings is 2. The third-order valence-electron chi connectivity index (χ3n) is 3.20. The average Bonchev–Trinajstić information content (AvgIpc) is 2.59. The zero-order valence-electron chi connectivity index (χ0n) is 12.7. The fourth-order valence-corrected chi connectivity index (χ4v) is 2.12. The molecule has 0 saturated heterocycles. The van der Waals surface area contributed by atoms with Crippen molar-refractivity contribution in [3.63, 3.8) is 0 Å². The van der Waals surface area contributed by atoms with Crippen LogP contribution in [0.5, 0.6) is 11.5 Å². The monoisotopic (exact) mass is 332 g/mol. The normalized spacial score (nSPS) is 10.0. The molecule has 0 heterocycles. The minimum atomic E-state index is -0.528. The molecule has 0 aliphatic rings. The molecule has 23 heavy (non-hydrogen) atoms. The molecule has 2 aromatic carbocycles. The number of hydrogen-bond donors (Lipinski definition) is 1. The highest BCUT2D eigenvalue weighted by Crippen LogP contribution is 2.25. The Bertz CT molecular complexity index is 727. The molecule has 0 N–H and O–H groups in total. The van der Waals surface area contributed by atoms with E-state index < -0.39 is 11.1 Å².